The number of hydrogen-bond donors (Lipinski definition) is 2. The van der Waals surface area contributed by atoms with Crippen LogP contribution >= 0.6 is 0 Å². The summed E-state index contributed by atoms with van der Waals surface area (Å²) < 4.78 is 0. The van der Waals surface area contributed by atoms with Crippen molar-refractivity contribution in [2.45, 2.75) is 37.8 Å². The maximum Gasteiger partial charge on any atom is 0.234 e. The second kappa shape index (κ2) is 4.26. The van der Waals surface area contributed by atoms with E-state index in [2.05, 4.69) is 11.9 Å². The summed E-state index contributed by atoms with van der Waals surface area (Å²) in [6, 6.07) is 0.361. The van der Waals surface area contributed by atoms with Crippen molar-refractivity contribution in [3.8, 4) is 0 Å². The molecule has 1 saturated heterocycles. The first-order chi connectivity index (χ1) is 5.74. The molecule has 1 aliphatic heterocycles. The molecule has 3 nitrogen and oxygen atoms in total. The van der Waals surface area contributed by atoms with Crippen LogP contribution in [0.15, 0.2) is 12.7 Å². The van der Waals surface area contributed by atoms with Gasteiger partial charge in [-0.2, -0.15) is 0 Å². The Morgan fingerprint density at radius 2 is 2.42 bits per heavy atom. The molecular weight excluding hydrogens is 152 g/mol. The Bertz CT molecular complexity index is 179. The standard InChI is InChI=1S/C9H16N2O/c1-2-3-4-7-5-6-8(11-7)9(10)12/h2,7-8,11H,1,3-6H2,(H2,10,12)/t7?,8-/m0/s1. The molecule has 0 aromatic rings. The minimum absolute atomic E-state index is 0.0974. The highest BCUT2D eigenvalue weighted by atomic mass is 16.1. The van der Waals surface area contributed by atoms with E-state index in [9.17, 15) is 4.79 Å². The van der Waals surface area contributed by atoms with Crippen molar-refractivity contribution in [3.63, 3.8) is 0 Å². The summed E-state index contributed by atoms with van der Waals surface area (Å²) in [7, 11) is 0. The Hall–Kier alpha value is -0.830. The van der Waals surface area contributed by atoms with Crippen molar-refractivity contribution in [3.05, 3.63) is 12.7 Å². The maximum atomic E-state index is 10.8. The number of rotatable bonds is 4. The molecule has 0 radical (unpaired) electrons. The van der Waals surface area contributed by atoms with Crippen LogP contribution < -0.4 is 11.1 Å². The lowest BCUT2D eigenvalue weighted by molar-refractivity contribution is -0.119. The van der Waals surface area contributed by atoms with Gasteiger partial charge in [0, 0.05) is 6.04 Å². The third-order valence-electron chi connectivity index (χ3n) is 2.30. The zero-order valence-corrected chi connectivity index (χ0v) is 7.25. The summed E-state index contributed by atoms with van der Waals surface area (Å²) in [4.78, 5) is 10.8. The first-order valence-corrected chi connectivity index (χ1v) is 4.40. The minimum atomic E-state index is -0.226. The SMILES string of the molecule is C=CCCC1CC[C@@H](C(N)=O)N1. The molecule has 0 bridgehead atoms. The van der Waals surface area contributed by atoms with Crippen LogP contribution in [0.3, 0.4) is 0 Å². The fraction of sp³-hybridized carbons (Fsp3) is 0.667. The van der Waals surface area contributed by atoms with Gasteiger partial charge in [0.05, 0.1) is 6.04 Å². The molecule has 1 unspecified atom stereocenters. The Morgan fingerprint density at radius 3 is 2.92 bits per heavy atom. The van der Waals surface area contributed by atoms with Crippen LogP contribution in [0.4, 0.5) is 0 Å². The second-order valence-electron chi connectivity index (χ2n) is 3.26. The second-order valence-corrected chi connectivity index (χ2v) is 3.26. The van der Waals surface area contributed by atoms with Crippen molar-refractivity contribution in [1.29, 1.82) is 0 Å². The predicted molar refractivity (Wildman–Crippen MR) is 48.6 cm³/mol. The zero-order valence-electron chi connectivity index (χ0n) is 7.25. The van der Waals surface area contributed by atoms with Gasteiger partial charge < -0.3 is 11.1 Å². The molecule has 12 heavy (non-hydrogen) atoms. The van der Waals surface area contributed by atoms with Gasteiger partial charge in [-0.05, 0) is 25.7 Å². The van der Waals surface area contributed by atoms with Crippen LogP contribution in [-0.4, -0.2) is 18.0 Å². The van der Waals surface area contributed by atoms with E-state index in [1.54, 1.807) is 0 Å². The number of carbonyl (C=O) groups excluding carboxylic acids is 1. The van der Waals surface area contributed by atoms with Gasteiger partial charge in [0.25, 0.3) is 0 Å². The van der Waals surface area contributed by atoms with Crippen molar-refractivity contribution < 1.29 is 4.79 Å². The molecule has 0 spiro atoms. The van der Waals surface area contributed by atoms with Gasteiger partial charge >= 0.3 is 0 Å². The molecule has 0 aromatic carbocycles. The molecular formula is C9H16N2O. The summed E-state index contributed by atoms with van der Waals surface area (Å²) >= 11 is 0. The highest BCUT2D eigenvalue weighted by molar-refractivity contribution is 5.80. The summed E-state index contributed by atoms with van der Waals surface area (Å²) in [5, 5.41) is 3.20. The topological polar surface area (TPSA) is 55.1 Å². The first kappa shape index (κ1) is 9.26. The molecule has 1 heterocycles. The summed E-state index contributed by atoms with van der Waals surface area (Å²) in [5.41, 5.74) is 5.17. The Labute approximate surface area is 73.0 Å². The van der Waals surface area contributed by atoms with E-state index in [1.165, 1.54) is 0 Å². The third kappa shape index (κ3) is 2.34. The molecule has 2 atom stereocenters. The van der Waals surface area contributed by atoms with E-state index in [0.717, 1.165) is 25.7 Å². The van der Waals surface area contributed by atoms with E-state index in [0.29, 0.717) is 6.04 Å². The number of allylic oxidation sites excluding steroid dienone is 1. The summed E-state index contributed by atoms with van der Waals surface area (Å²) in [6.45, 7) is 3.66. The fourth-order valence-electron chi connectivity index (χ4n) is 1.59. The van der Waals surface area contributed by atoms with Crippen LogP contribution in [0.2, 0.25) is 0 Å². The number of amides is 1. The highest BCUT2D eigenvalue weighted by Crippen LogP contribution is 2.15. The molecule has 3 N–H and O–H groups in total. The van der Waals surface area contributed by atoms with Gasteiger partial charge in [-0.15, -0.1) is 6.58 Å². The summed E-state index contributed by atoms with van der Waals surface area (Å²) in [5.74, 6) is -0.226. The predicted octanol–water partition coefficient (Wildman–Crippen LogP) is 0.559. The average Bonchev–Trinajstić information content (AvgIpc) is 2.48. The largest absolute Gasteiger partial charge is 0.368 e. The van der Waals surface area contributed by atoms with Gasteiger partial charge in [0.2, 0.25) is 5.91 Å². The maximum absolute atomic E-state index is 10.8. The molecule has 1 fully saturated rings. The number of nitrogens with one attached hydrogen (secondary N) is 1. The van der Waals surface area contributed by atoms with Gasteiger partial charge in [0.1, 0.15) is 0 Å². The van der Waals surface area contributed by atoms with Crippen molar-refractivity contribution in [1.82, 2.24) is 5.32 Å². The molecule has 68 valence electrons. The van der Waals surface area contributed by atoms with E-state index in [1.807, 2.05) is 6.08 Å². The lowest BCUT2D eigenvalue weighted by atomic mass is 10.1. The number of carbonyl (C=O) groups is 1. The summed E-state index contributed by atoms with van der Waals surface area (Å²) in [6.07, 6.45) is 5.91. The van der Waals surface area contributed by atoms with Crippen LogP contribution in [0.1, 0.15) is 25.7 Å². The van der Waals surface area contributed by atoms with Crippen molar-refractivity contribution in [2.75, 3.05) is 0 Å². The minimum Gasteiger partial charge on any atom is -0.368 e. The lowest BCUT2D eigenvalue weighted by Crippen LogP contribution is -2.39. The third-order valence-corrected chi connectivity index (χ3v) is 2.30. The Morgan fingerprint density at radius 1 is 1.67 bits per heavy atom. The molecule has 1 rings (SSSR count). The molecule has 1 amide bonds. The van der Waals surface area contributed by atoms with E-state index >= 15 is 0 Å². The highest BCUT2D eigenvalue weighted by Gasteiger charge is 2.26. The fourth-order valence-corrected chi connectivity index (χ4v) is 1.59. The van der Waals surface area contributed by atoms with Gasteiger partial charge in [-0.25, -0.2) is 0 Å². The van der Waals surface area contributed by atoms with Crippen molar-refractivity contribution in [2.24, 2.45) is 5.73 Å². The molecule has 0 aromatic heterocycles. The number of hydrogen-bond acceptors (Lipinski definition) is 2. The monoisotopic (exact) mass is 168 g/mol. The molecule has 0 aliphatic carbocycles. The van der Waals surface area contributed by atoms with Crippen LogP contribution in [0.5, 0.6) is 0 Å². The molecule has 0 saturated carbocycles. The van der Waals surface area contributed by atoms with Crippen molar-refractivity contribution >= 4 is 5.91 Å². The number of primary amides is 1. The quantitative estimate of drug-likeness (QED) is 0.603. The smallest absolute Gasteiger partial charge is 0.234 e. The normalized spacial score (nSPS) is 28.7. The number of nitrogens with two attached hydrogens (primary N) is 1. The van der Waals surface area contributed by atoms with Crippen LogP contribution in [0, 0.1) is 0 Å². The lowest BCUT2D eigenvalue weighted by Gasteiger charge is -2.10. The first-order valence-electron chi connectivity index (χ1n) is 4.40. The van der Waals surface area contributed by atoms with Gasteiger partial charge in [-0.3, -0.25) is 4.79 Å². The zero-order chi connectivity index (χ0) is 8.97. The Kier molecular flexibility index (Phi) is 3.29. The average molecular weight is 168 g/mol. The van der Waals surface area contributed by atoms with Crippen LogP contribution in [-0.2, 0) is 4.79 Å². The van der Waals surface area contributed by atoms with E-state index in [-0.39, 0.29) is 11.9 Å². The van der Waals surface area contributed by atoms with Gasteiger partial charge in [0.15, 0.2) is 0 Å². The van der Waals surface area contributed by atoms with E-state index in [4.69, 9.17) is 5.73 Å². The van der Waals surface area contributed by atoms with E-state index < -0.39 is 0 Å². The Balaban J connectivity index is 2.25. The van der Waals surface area contributed by atoms with Crippen LogP contribution in [0.25, 0.3) is 0 Å². The molecule has 3 heteroatoms. The van der Waals surface area contributed by atoms with Gasteiger partial charge in [-0.1, -0.05) is 6.08 Å². The molecule has 1 aliphatic rings.